The first-order valence-electron chi connectivity index (χ1n) is 12.6. The van der Waals surface area contributed by atoms with Gasteiger partial charge in [-0.25, -0.2) is 28.1 Å². The molecule has 0 spiro atoms. The minimum atomic E-state index is -2.73. The van der Waals surface area contributed by atoms with Gasteiger partial charge in [-0.3, -0.25) is 9.59 Å². The Kier molecular flexibility index (Phi) is 6.95. The molecule has 1 aliphatic heterocycles. The molecule has 11 nitrogen and oxygen atoms in total. The molecule has 0 aliphatic carbocycles. The third-order valence-electron chi connectivity index (χ3n) is 6.81. The standard InChI is InChI=1S/C26H22F3N9O2S/c1-14(39)36-12-15(34-25(40)26-31-11-21(41-26)23(28)29)8-16(13-36)37-20-9-22(38-32-6-7-33-38)30-10-19(20)35-24(37)17-4-2-3-5-18(17)27/h2-7,9-11,15-16,23H,8,12-13H2,1H3,(H,34,40). The molecule has 15 heteroatoms. The van der Waals surface area contributed by atoms with Gasteiger partial charge in [-0.05, 0) is 18.6 Å². The highest BCUT2D eigenvalue weighted by Crippen LogP contribution is 2.34. The number of carbonyl (C=O) groups is 2. The maximum absolute atomic E-state index is 15.1. The molecule has 2 unspecified atom stereocenters. The number of nitrogens with one attached hydrogen (secondary N) is 1. The predicted molar refractivity (Wildman–Crippen MR) is 142 cm³/mol. The Morgan fingerprint density at radius 3 is 2.59 bits per heavy atom. The number of hydrogen-bond acceptors (Lipinski definition) is 8. The zero-order valence-corrected chi connectivity index (χ0v) is 22.3. The number of aromatic nitrogens is 7. The molecule has 0 bridgehead atoms. The zero-order valence-electron chi connectivity index (χ0n) is 21.5. The van der Waals surface area contributed by atoms with Crippen molar-refractivity contribution >= 4 is 34.2 Å². The van der Waals surface area contributed by atoms with Gasteiger partial charge in [0.15, 0.2) is 10.8 Å². The lowest BCUT2D eigenvalue weighted by Gasteiger charge is -2.38. The maximum atomic E-state index is 15.1. The summed E-state index contributed by atoms with van der Waals surface area (Å²) >= 11 is 0.615. The van der Waals surface area contributed by atoms with Crippen LogP contribution in [0.3, 0.4) is 0 Å². The van der Waals surface area contributed by atoms with Crippen molar-refractivity contribution in [2.75, 3.05) is 13.1 Å². The SMILES string of the molecule is CC(=O)N1CC(NC(=O)c2ncc(C(F)F)s2)CC(n2c(-c3ccccc3F)nc3cnc(-n4nccn4)cc32)C1. The van der Waals surface area contributed by atoms with Gasteiger partial charge in [0.1, 0.15) is 17.2 Å². The van der Waals surface area contributed by atoms with Gasteiger partial charge in [0.2, 0.25) is 5.91 Å². The van der Waals surface area contributed by atoms with Crippen LogP contribution >= 0.6 is 11.3 Å². The van der Waals surface area contributed by atoms with Gasteiger partial charge >= 0.3 is 0 Å². The number of fused-ring (bicyclic) bond motifs is 1. The monoisotopic (exact) mass is 581 g/mol. The number of carbonyl (C=O) groups excluding carboxylic acids is 2. The van der Waals surface area contributed by atoms with Gasteiger partial charge < -0.3 is 14.8 Å². The van der Waals surface area contributed by atoms with Crippen LogP contribution in [0, 0.1) is 5.82 Å². The van der Waals surface area contributed by atoms with E-state index in [0.717, 1.165) is 6.20 Å². The lowest BCUT2D eigenvalue weighted by atomic mass is 9.99. The van der Waals surface area contributed by atoms with Gasteiger partial charge in [0, 0.05) is 38.3 Å². The molecule has 2 amide bonds. The average molecular weight is 582 g/mol. The van der Waals surface area contributed by atoms with Crippen LogP contribution in [0.4, 0.5) is 13.2 Å². The van der Waals surface area contributed by atoms with Gasteiger partial charge in [0.05, 0.1) is 40.6 Å². The average Bonchev–Trinajstić information content (AvgIpc) is 3.73. The van der Waals surface area contributed by atoms with E-state index >= 15 is 4.39 Å². The molecule has 5 aromatic rings. The van der Waals surface area contributed by atoms with Crippen LogP contribution in [0.2, 0.25) is 0 Å². The fourth-order valence-electron chi connectivity index (χ4n) is 4.99. The van der Waals surface area contributed by atoms with E-state index in [0.29, 0.717) is 40.4 Å². The van der Waals surface area contributed by atoms with Gasteiger partial charge in [0.25, 0.3) is 12.3 Å². The molecule has 4 aromatic heterocycles. The largest absolute Gasteiger partial charge is 0.345 e. The molecule has 1 saturated heterocycles. The van der Waals surface area contributed by atoms with Gasteiger partial charge in [-0.15, -0.1) is 16.1 Å². The van der Waals surface area contributed by atoms with Crippen LogP contribution in [-0.2, 0) is 4.79 Å². The van der Waals surface area contributed by atoms with Crippen LogP contribution in [-0.4, -0.2) is 70.4 Å². The molecule has 2 atom stereocenters. The Bertz CT molecular complexity index is 1740. The zero-order chi connectivity index (χ0) is 28.7. The van der Waals surface area contributed by atoms with Crippen LogP contribution in [0.1, 0.15) is 40.5 Å². The Morgan fingerprint density at radius 1 is 1.10 bits per heavy atom. The summed E-state index contributed by atoms with van der Waals surface area (Å²) in [7, 11) is 0. The fourth-order valence-corrected chi connectivity index (χ4v) is 5.67. The van der Waals surface area contributed by atoms with Crippen molar-refractivity contribution in [2.24, 2.45) is 0 Å². The molecule has 1 N–H and O–H groups in total. The second kappa shape index (κ2) is 10.7. The lowest BCUT2D eigenvalue weighted by molar-refractivity contribution is -0.130. The number of hydrogen-bond donors (Lipinski definition) is 1. The second-order valence-corrected chi connectivity index (χ2v) is 10.5. The van der Waals surface area contributed by atoms with Crippen LogP contribution < -0.4 is 5.32 Å². The molecule has 1 aromatic carbocycles. The molecule has 210 valence electrons. The summed E-state index contributed by atoms with van der Waals surface area (Å²) in [6, 6.07) is 6.96. The van der Waals surface area contributed by atoms with E-state index in [4.69, 9.17) is 4.98 Å². The van der Waals surface area contributed by atoms with Crippen LogP contribution in [0.5, 0.6) is 0 Å². The smallest absolute Gasteiger partial charge is 0.280 e. The fraction of sp³-hybridized carbons (Fsp3) is 0.269. The number of pyridine rings is 1. The van der Waals surface area contributed by atoms with Crippen molar-refractivity contribution in [3.63, 3.8) is 0 Å². The first kappa shape index (κ1) is 26.6. The minimum absolute atomic E-state index is 0.0978. The van der Waals surface area contributed by atoms with E-state index in [2.05, 4.69) is 25.5 Å². The summed E-state index contributed by atoms with van der Waals surface area (Å²) in [5.41, 5.74) is 1.35. The molecule has 1 fully saturated rings. The Hall–Kier alpha value is -4.66. The molecular weight excluding hydrogens is 559 g/mol. The van der Waals surface area contributed by atoms with E-state index < -0.39 is 30.2 Å². The minimum Gasteiger partial charge on any atom is -0.345 e. The summed E-state index contributed by atoms with van der Waals surface area (Å²) in [6.07, 6.45) is 3.16. The molecule has 6 rings (SSSR count). The van der Waals surface area contributed by atoms with E-state index in [9.17, 15) is 18.4 Å². The van der Waals surface area contributed by atoms with E-state index in [1.807, 2.05) is 4.57 Å². The van der Waals surface area contributed by atoms with Crippen LogP contribution in [0.15, 0.2) is 55.1 Å². The number of amides is 2. The highest BCUT2D eigenvalue weighted by Gasteiger charge is 2.34. The van der Waals surface area contributed by atoms with Crippen molar-refractivity contribution in [3.05, 3.63) is 70.8 Å². The summed E-state index contributed by atoms with van der Waals surface area (Å²) in [5.74, 6) is -0.576. The third kappa shape index (κ3) is 5.15. The van der Waals surface area contributed by atoms with Gasteiger partial charge in [-0.1, -0.05) is 12.1 Å². The highest BCUT2D eigenvalue weighted by molar-refractivity contribution is 7.13. The number of benzene rings is 1. The Balaban J connectivity index is 1.42. The van der Waals surface area contributed by atoms with Crippen molar-refractivity contribution < 1.29 is 22.8 Å². The number of alkyl halides is 2. The number of imidazole rings is 1. The highest BCUT2D eigenvalue weighted by atomic mass is 32.1. The topological polar surface area (TPSA) is 124 Å². The van der Waals surface area contributed by atoms with Crippen molar-refractivity contribution in [2.45, 2.75) is 31.9 Å². The molecule has 5 heterocycles. The molecule has 0 saturated carbocycles. The first-order valence-corrected chi connectivity index (χ1v) is 13.4. The van der Waals surface area contributed by atoms with E-state index in [1.165, 1.54) is 30.2 Å². The summed E-state index contributed by atoms with van der Waals surface area (Å²) in [5, 5.41) is 11.0. The quantitative estimate of drug-likeness (QED) is 0.324. The Labute approximate surface area is 234 Å². The van der Waals surface area contributed by atoms with E-state index in [1.54, 1.807) is 35.4 Å². The second-order valence-electron chi connectivity index (χ2n) is 9.49. The number of thiazole rings is 1. The lowest BCUT2D eigenvalue weighted by Crippen LogP contribution is -2.52. The normalized spacial score (nSPS) is 17.3. The number of rotatable bonds is 6. The van der Waals surface area contributed by atoms with Crippen molar-refractivity contribution in [1.29, 1.82) is 0 Å². The first-order chi connectivity index (χ1) is 19.8. The molecular formula is C26H22F3N9O2S. The number of piperidine rings is 1. The summed E-state index contributed by atoms with van der Waals surface area (Å²) < 4.78 is 43.0. The number of nitrogens with zero attached hydrogens (tertiary/aromatic N) is 8. The number of halogens is 3. The van der Waals surface area contributed by atoms with Crippen molar-refractivity contribution in [3.8, 4) is 17.2 Å². The predicted octanol–water partition coefficient (Wildman–Crippen LogP) is 3.80. The summed E-state index contributed by atoms with van der Waals surface area (Å²) in [6.45, 7) is 1.89. The van der Waals surface area contributed by atoms with E-state index in [-0.39, 0.29) is 34.4 Å². The maximum Gasteiger partial charge on any atom is 0.280 e. The molecule has 41 heavy (non-hydrogen) atoms. The summed E-state index contributed by atoms with van der Waals surface area (Å²) in [4.78, 5) is 41.1. The molecule has 1 aliphatic rings. The van der Waals surface area contributed by atoms with Gasteiger partial charge in [-0.2, -0.15) is 10.2 Å². The number of likely N-dealkylation sites (tertiary alicyclic amines) is 1. The van der Waals surface area contributed by atoms with Crippen molar-refractivity contribution in [1.82, 2.24) is 44.7 Å². The van der Waals surface area contributed by atoms with Crippen LogP contribution in [0.25, 0.3) is 28.2 Å². The molecule has 0 radical (unpaired) electrons. The Morgan fingerprint density at radius 2 is 1.88 bits per heavy atom. The third-order valence-corrected chi connectivity index (χ3v) is 7.81.